The van der Waals surface area contributed by atoms with E-state index in [0.717, 1.165) is 13.1 Å². The summed E-state index contributed by atoms with van der Waals surface area (Å²) < 4.78 is 2.13. The Morgan fingerprint density at radius 1 is 1.50 bits per heavy atom. The highest BCUT2D eigenvalue weighted by Gasteiger charge is 2.19. The van der Waals surface area contributed by atoms with Gasteiger partial charge in [-0.15, -0.1) is 12.4 Å². The van der Waals surface area contributed by atoms with Crippen molar-refractivity contribution in [3.05, 3.63) is 18.0 Å². The summed E-state index contributed by atoms with van der Waals surface area (Å²) in [7, 11) is 2.06. The molecule has 0 bridgehead atoms. The Kier molecular flexibility index (Phi) is 6.12. The second kappa shape index (κ2) is 7.12. The maximum absolute atomic E-state index is 4.39. The summed E-state index contributed by atoms with van der Waals surface area (Å²) >= 11 is 0. The Bertz CT molecular complexity index is 351. The largest absolute Gasteiger partial charge is 0.316 e. The average Bonchev–Trinajstić information content (AvgIpc) is 2.77. The summed E-state index contributed by atoms with van der Waals surface area (Å²) in [6, 6.07) is 3.24. The minimum absolute atomic E-state index is 0. The van der Waals surface area contributed by atoms with Crippen LogP contribution in [-0.4, -0.2) is 40.9 Å². The summed E-state index contributed by atoms with van der Waals surface area (Å²) in [5, 5.41) is 7.78. The van der Waals surface area contributed by atoms with Crippen LogP contribution in [0.15, 0.2) is 12.3 Å². The first kappa shape index (κ1) is 15.5. The van der Waals surface area contributed by atoms with Crippen molar-refractivity contribution >= 4 is 12.4 Å². The molecule has 104 valence electrons. The molecule has 2 rings (SSSR count). The van der Waals surface area contributed by atoms with Gasteiger partial charge in [0.1, 0.15) is 0 Å². The third-order valence-electron chi connectivity index (χ3n) is 3.54. The molecule has 0 saturated carbocycles. The number of rotatable bonds is 4. The molecule has 1 fully saturated rings. The number of nitrogens with one attached hydrogen (secondary N) is 1. The van der Waals surface area contributed by atoms with Gasteiger partial charge in [0, 0.05) is 31.4 Å². The summed E-state index contributed by atoms with van der Waals surface area (Å²) in [4.78, 5) is 2.53. The Morgan fingerprint density at radius 3 is 2.94 bits per heavy atom. The highest BCUT2D eigenvalue weighted by atomic mass is 35.5. The molecule has 1 aliphatic heterocycles. The third-order valence-corrected chi connectivity index (χ3v) is 3.54. The predicted molar refractivity (Wildman–Crippen MR) is 77.2 cm³/mol. The van der Waals surface area contributed by atoms with Crippen LogP contribution in [0.1, 0.15) is 38.4 Å². The lowest BCUT2D eigenvalue weighted by atomic mass is 10.1. The van der Waals surface area contributed by atoms with Gasteiger partial charge in [-0.25, -0.2) is 0 Å². The Hall–Kier alpha value is -0.580. The number of halogens is 1. The lowest BCUT2D eigenvalue weighted by Gasteiger charge is -2.32. The van der Waals surface area contributed by atoms with Crippen LogP contribution in [0.5, 0.6) is 0 Å². The van der Waals surface area contributed by atoms with Crippen LogP contribution in [0.2, 0.25) is 0 Å². The number of nitrogens with zero attached hydrogens (tertiary/aromatic N) is 3. The molecule has 18 heavy (non-hydrogen) atoms. The lowest BCUT2D eigenvalue weighted by molar-refractivity contribution is 0.182. The van der Waals surface area contributed by atoms with Crippen LogP contribution < -0.4 is 5.32 Å². The van der Waals surface area contributed by atoms with E-state index in [9.17, 15) is 0 Å². The maximum Gasteiger partial charge on any atom is 0.0527 e. The topological polar surface area (TPSA) is 33.1 Å². The summed E-state index contributed by atoms with van der Waals surface area (Å²) in [5.41, 5.74) is 1.33. The number of hydrogen-bond acceptors (Lipinski definition) is 3. The van der Waals surface area contributed by atoms with Crippen molar-refractivity contribution in [2.75, 3.05) is 20.1 Å². The molecule has 1 N–H and O–H groups in total. The molecule has 0 spiro atoms. The van der Waals surface area contributed by atoms with Crippen molar-refractivity contribution in [3.63, 3.8) is 0 Å². The molecule has 1 unspecified atom stereocenters. The summed E-state index contributed by atoms with van der Waals surface area (Å²) in [5.74, 6) is 0. The number of likely N-dealkylation sites (N-methyl/N-ethyl adjacent to an activating group) is 1. The first-order chi connectivity index (χ1) is 8.20. The van der Waals surface area contributed by atoms with Crippen LogP contribution in [0.3, 0.4) is 0 Å². The van der Waals surface area contributed by atoms with Crippen LogP contribution in [0, 0.1) is 0 Å². The van der Waals surface area contributed by atoms with Crippen LogP contribution >= 0.6 is 12.4 Å². The molecule has 1 aromatic rings. The van der Waals surface area contributed by atoms with Crippen molar-refractivity contribution in [2.45, 2.75) is 45.3 Å². The van der Waals surface area contributed by atoms with Gasteiger partial charge in [0.2, 0.25) is 0 Å². The van der Waals surface area contributed by atoms with E-state index in [4.69, 9.17) is 0 Å². The summed E-state index contributed by atoms with van der Waals surface area (Å²) in [6.07, 6.45) is 4.51. The monoisotopic (exact) mass is 272 g/mol. The summed E-state index contributed by atoms with van der Waals surface area (Å²) in [6.45, 7) is 7.75. The van der Waals surface area contributed by atoms with Crippen molar-refractivity contribution in [3.8, 4) is 0 Å². The quantitative estimate of drug-likeness (QED) is 0.911. The van der Waals surface area contributed by atoms with E-state index in [1.54, 1.807) is 0 Å². The van der Waals surface area contributed by atoms with E-state index in [1.165, 1.54) is 25.1 Å². The fourth-order valence-corrected chi connectivity index (χ4v) is 2.60. The minimum atomic E-state index is 0. The van der Waals surface area contributed by atoms with Crippen LogP contribution in [-0.2, 0) is 6.54 Å². The Morgan fingerprint density at radius 2 is 2.28 bits per heavy atom. The van der Waals surface area contributed by atoms with Gasteiger partial charge in [-0.2, -0.15) is 5.10 Å². The minimum Gasteiger partial charge on any atom is -0.316 e. The van der Waals surface area contributed by atoms with E-state index < -0.39 is 0 Å². The normalized spacial score (nSPS) is 21.0. The first-order valence-electron chi connectivity index (χ1n) is 6.62. The van der Waals surface area contributed by atoms with Gasteiger partial charge in [-0.05, 0) is 46.3 Å². The smallest absolute Gasteiger partial charge is 0.0527 e. The van der Waals surface area contributed by atoms with Gasteiger partial charge >= 0.3 is 0 Å². The number of piperidine rings is 1. The second-order valence-electron chi connectivity index (χ2n) is 5.22. The highest BCUT2D eigenvalue weighted by molar-refractivity contribution is 5.85. The molecule has 2 heterocycles. The lowest BCUT2D eigenvalue weighted by Crippen LogP contribution is -2.44. The van der Waals surface area contributed by atoms with Crippen molar-refractivity contribution in [2.24, 2.45) is 0 Å². The molecule has 1 aliphatic rings. The van der Waals surface area contributed by atoms with Crippen molar-refractivity contribution in [1.82, 2.24) is 20.0 Å². The predicted octanol–water partition coefficient (Wildman–Crippen LogP) is 2.07. The molecule has 5 heteroatoms. The van der Waals surface area contributed by atoms with Crippen LogP contribution in [0.25, 0.3) is 0 Å². The first-order valence-corrected chi connectivity index (χ1v) is 6.62. The van der Waals surface area contributed by atoms with E-state index in [1.807, 2.05) is 6.20 Å². The zero-order chi connectivity index (χ0) is 12.3. The van der Waals surface area contributed by atoms with E-state index in [0.29, 0.717) is 12.1 Å². The average molecular weight is 273 g/mol. The van der Waals surface area contributed by atoms with E-state index in [2.05, 4.69) is 47.0 Å². The van der Waals surface area contributed by atoms with Gasteiger partial charge in [0.05, 0.1) is 5.69 Å². The van der Waals surface area contributed by atoms with E-state index >= 15 is 0 Å². The number of hydrogen-bond donors (Lipinski definition) is 1. The fraction of sp³-hybridized carbons (Fsp3) is 0.769. The molecule has 0 aliphatic carbocycles. The molecule has 0 radical (unpaired) electrons. The fourth-order valence-electron chi connectivity index (χ4n) is 2.60. The van der Waals surface area contributed by atoms with E-state index in [-0.39, 0.29) is 12.4 Å². The molecular formula is C13H25ClN4. The number of aromatic nitrogens is 2. The zero-order valence-electron chi connectivity index (χ0n) is 11.6. The molecule has 1 aromatic heterocycles. The standard InChI is InChI=1S/C13H24N4.ClH/c1-11(2)17-13(6-7-15-17)10-16-8-4-5-12(9-16)14-3;/h6-7,11-12,14H,4-5,8-10H2,1-3H3;1H. The molecular weight excluding hydrogens is 248 g/mol. The van der Waals surface area contributed by atoms with Gasteiger partial charge in [0.25, 0.3) is 0 Å². The van der Waals surface area contributed by atoms with Crippen LogP contribution in [0.4, 0.5) is 0 Å². The molecule has 0 aromatic carbocycles. The van der Waals surface area contributed by atoms with Gasteiger partial charge in [-0.1, -0.05) is 0 Å². The Labute approximate surface area is 116 Å². The SMILES string of the molecule is CNC1CCCN(Cc2ccnn2C(C)C)C1.Cl. The van der Waals surface area contributed by atoms with Crippen molar-refractivity contribution in [1.29, 1.82) is 0 Å². The number of likely N-dealkylation sites (tertiary alicyclic amines) is 1. The van der Waals surface area contributed by atoms with Gasteiger partial charge in [-0.3, -0.25) is 9.58 Å². The van der Waals surface area contributed by atoms with Crippen molar-refractivity contribution < 1.29 is 0 Å². The van der Waals surface area contributed by atoms with Gasteiger partial charge < -0.3 is 5.32 Å². The molecule has 1 atom stereocenters. The second-order valence-corrected chi connectivity index (χ2v) is 5.22. The molecule has 1 saturated heterocycles. The van der Waals surface area contributed by atoms with Gasteiger partial charge in [0.15, 0.2) is 0 Å². The Balaban J connectivity index is 0.00000162. The highest BCUT2D eigenvalue weighted by Crippen LogP contribution is 2.15. The third kappa shape index (κ3) is 3.70. The maximum atomic E-state index is 4.39. The molecule has 4 nitrogen and oxygen atoms in total. The zero-order valence-corrected chi connectivity index (χ0v) is 12.4. The molecule has 0 amide bonds.